The summed E-state index contributed by atoms with van der Waals surface area (Å²) in [4.78, 5) is 0. The monoisotopic (exact) mass is 174 g/mol. The molecule has 68 valence electrons. The highest BCUT2D eigenvalue weighted by Crippen LogP contribution is 2.18. The topological polar surface area (TPSA) is 12.5 Å². The Balaban J connectivity index is 2.08. The van der Waals surface area contributed by atoms with E-state index < -0.39 is 0 Å². The molecule has 1 aliphatic heterocycles. The largest absolute Gasteiger partial charge is 0.373 e. The quantitative estimate of drug-likeness (QED) is 0.642. The van der Waals surface area contributed by atoms with Crippen LogP contribution in [0.4, 0.5) is 0 Å². The molecule has 0 radical (unpaired) electrons. The molecule has 1 atom stereocenters. The van der Waals surface area contributed by atoms with E-state index >= 15 is 0 Å². The molecule has 0 N–H and O–H groups in total. The molecule has 0 saturated carbocycles. The van der Waals surface area contributed by atoms with Gasteiger partial charge in [0.15, 0.2) is 0 Å². The lowest BCUT2D eigenvalue weighted by Crippen LogP contribution is -1.92. The first kappa shape index (κ1) is 8.52. The average Bonchev–Trinajstić information content (AvgIpc) is 2.89. The van der Waals surface area contributed by atoms with Crippen molar-refractivity contribution in [1.82, 2.24) is 0 Å². The third-order valence-corrected chi connectivity index (χ3v) is 2.31. The van der Waals surface area contributed by atoms with Gasteiger partial charge >= 0.3 is 0 Å². The summed E-state index contributed by atoms with van der Waals surface area (Å²) in [5.41, 5.74) is 3.70. The molecular weight excluding hydrogens is 160 g/mol. The van der Waals surface area contributed by atoms with Gasteiger partial charge < -0.3 is 4.74 Å². The second-order valence-electron chi connectivity index (χ2n) is 3.64. The number of epoxide rings is 1. The fourth-order valence-electron chi connectivity index (χ4n) is 1.37. The van der Waals surface area contributed by atoms with E-state index in [9.17, 15) is 0 Å². The van der Waals surface area contributed by atoms with Gasteiger partial charge in [0.2, 0.25) is 0 Å². The van der Waals surface area contributed by atoms with Crippen molar-refractivity contribution in [2.75, 3.05) is 6.61 Å². The van der Waals surface area contributed by atoms with E-state index in [4.69, 9.17) is 4.74 Å². The highest BCUT2D eigenvalue weighted by Gasteiger charge is 2.22. The zero-order chi connectivity index (χ0) is 9.26. The Morgan fingerprint density at radius 1 is 1.46 bits per heavy atom. The van der Waals surface area contributed by atoms with E-state index in [0.29, 0.717) is 6.10 Å². The molecule has 1 unspecified atom stereocenters. The molecule has 0 aromatic heterocycles. The molecule has 0 amide bonds. The Labute approximate surface area is 79.0 Å². The zero-order valence-corrected chi connectivity index (χ0v) is 7.92. The summed E-state index contributed by atoms with van der Waals surface area (Å²) in [6, 6.07) is 8.57. The lowest BCUT2D eigenvalue weighted by molar-refractivity contribution is 0.407. The molecular formula is C12H14O. The summed E-state index contributed by atoms with van der Waals surface area (Å²) in [6.45, 7) is 6.86. The van der Waals surface area contributed by atoms with Crippen molar-refractivity contribution in [3.05, 3.63) is 42.0 Å². The second-order valence-corrected chi connectivity index (χ2v) is 3.64. The van der Waals surface area contributed by atoms with Gasteiger partial charge in [-0.25, -0.2) is 0 Å². The van der Waals surface area contributed by atoms with E-state index in [0.717, 1.165) is 18.6 Å². The highest BCUT2D eigenvalue weighted by atomic mass is 16.6. The maximum Gasteiger partial charge on any atom is 0.0850 e. The lowest BCUT2D eigenvalue weighted by atomic mass is 10.0. The molecule has 13 heavy (non-hydrogen) atoms. The van der Waals surface area contributed by atoms with Crippen LogP contribution in [0.2, 0.25) is 0 Å². The summed E-state index contributed by atoms with van der Waals surface area (Å²) in [5.74, 6) is 0. The zero-order valence-electron chi connectivity index (χ0n) is 7.92. The van der Waals surface area contributed by atoms with Crippen LogP contribution >= 0.6 is 0 Å². The Morgan fingerprint density at radius 2 is 2.08 bits per heavy atom. The van der Waals surface area contributed by atoms with E-state index in [1.807, 2.05) is 6.92 Å². The van der Waals surface area contributed by atoms with Crippen LogP contribution in [0.25, 0.3) is 5.57 Å². The predicted molar refractivity (Wildman–Crippen MR) is 54.6 cm³/mol. The summed E-state index contributed by atoms with van der Waals surface area (Å²) >= 11 is 0. The van der Waals surface area contributed by atoms with Gasteiger partial charge in [-0.3, -0.25) is 0 Å². The van der Waals surface area contributed by atoms with Gasteiger partial charge in [-0.1, -0.05) is 36.4 Å². The Kier molecular flexibility index (Phi) is 2.19. The van der Waals surface area contributed by atoms with E-state index in [2.05, 4.69) is 30.8 Å². The van der Waals surface area contributed by atoms with Gasteiger partial charge in [-0.15, -0.1) is 0 Å². The van der Waals surface area contributed by atoms with Crippen molar-refractivity contribution in [3.8, 4) is 0 Å². The number of rotatable bonds is 3. The summed E-state index contributed by atoms with van der Waals surface area (Å²) in [5, 5.41) is 0. The van der Waals surface area contributed by atoms with Crippen molar-refractivity contribution < 1.29 is 4.74 Å². The average molecular weight is 174 g/mol. The second kappa shape index (κ2) is 3.35. The minimum absolute atomic E-state index is 0.482. The molecule has 0 spiro atoms. The van der Waals surface area contributed by atoms with Gasteiger partial charge in [-0.2, -0.15) is 0 Å². The van der Waals surface area contributed by atoms with Gasteiger partial charge in [0, 0.05) is 6.42 Å². The van der Waals surface area contributed by atoms with Gasteiger partial charge in [0.05, 0.1) is 12.7 Å². The lowest BCUT2D eigenvalue weighted by Gasteiger charge is -2.01. The van der Waals surface area contributed by atoms with Crippen LogP contribution in [-0.2, 0) is 11.2 Å². The van der Waals surface area contributed by atoms with Crippen molar-refractivity contribution >= 4 is 5.57 Å². The minimum Gasteiger partial charge on any atom is -0.373 e. The first-order chi connectivity index (χ1) is 6.25. The molecule has 1 heteroatoms. The van der Waals surface area contributed by atoms with Gasteiger partial charge in [0.1, 0.15) is 0 Å². The third kappa shape index (κ3) is 2.19. The van der Waals surface area contributed by atoms with E-state index in [-0.39, 0.29) is 0 Å². The maximum absolute atomic E-state index is 5.17. The fourth-order valence-corrected chi connectivity index (χ4v) is 1.37. The number of benzene rings is 1. The van der Waals surface area contributed by atoms with Crippen LogP contribution in [0, 0.1) is 0 Å². The number of hydrogen-bond acceptors (Lipinski definition) is 1. The van der Waals surface area contributed by atoms with Crippen LogP contribution in [-0.4, -0.2) is 12.7 Å². The summed E-state index contributed by atoms with van der Waals surface area (Å²) in [7, 11) is 0. The SMILES string of the molecule is C=C(C)c1ccc(CC2CO2)cc1. The molecule has 0 aliphatic carbocycles. The van der Waals surface area contributed by atoms with Crippen molar-refractivity contribution in [2.45, 2.75) is 19.4 Å². The molecule has 1 nitrogen and oxygen atoms in total. The summed E-state index contributed by atoms with van der Waals surface area (Å²) < 4.78 is 5.17. The van der Waals surface area contributed by atoms with Crippen LogP contribution in [0.1, 0.15) is 18.1 Å². The number of allylic oxidation sites excluding steroid dienone is 1. The van der Waals surface area contributed by atoms with Crippen molar-refractivity contribution in [1.29, 1.82) is 0 Å². The Hall–Kier alpha value is -1.08. The van der Waals surface area contributed by atoms with Crippen LogP contribution < -0.4 is 0 Å². The first-order valence-electron chi connectivity index (χ1n) is 4.62. The molecule has 1 aromatic carbocycles. The Morgan fingerprint density at radius 3 is 2.54 bits per heavy atom. The minimum atomic E-state index is 0.482. The molecule has 1 aromatic rings. The van der Waals surface area contributed by atoms with E-state index in [1.54, 1.807) is 0 Å². The maximum atomic E-state index is 5.17. The standard InChI is InChI=1S/C12H14O/c1-9(2)11-5-3-10(4-6-11)7-12-8-13-12/h3-6,12H,1,7-8H2,2H3. The van der Waals surface area contributed by atoms with E-state index in [1.165, 1.54) is 11.1 Å². The molecule has 2 rings (SSSR count). The van der Waals surface area contributed by atoms with Gasteiger partial charge in [0.25, 0.3) is 0 Å². The first-order valence-corrected chi connectivity index (χ1v) is 4.62. The normalized spacial score (nSPS) is 19.9. The van der Waals surface area contributed by atoms with Crippen molar-refractivity contribution in [3.63, 3.8) is 0 Å². The smallest absolute Gasteiger partial charge is 0.0850 e. The molecule has 1 saturated heterocycles. The summed E-state index contributed by atoms with van der Waals surface area (Å²) in [6.07, 6.45) is 1.53. The van der Waals surface area contributed by atoms with Crippen LogP contribution in [0.15, 0.2) is 30.8 Å². The molecule has 0 bridgehead atoms. The number of ether oxygens (including phenoxy) is 1. The third-order valence-electron chi connectivity index (χ3n) is 2.31. The molecule has 1 heterocycles. The molecule has 1 fully saturated rings. The highest BCUT2D eigenvalue weighted by molar-refractivity contribution is 5.61. The van der Waals surface area contributed by atoms with Crippen LogP contribution in [0.5, 0.6) is 0 Å². The molecule has 1 aliphatic rings. The van der Waals surface area contributed by atoms with Crippen molar-refractivity contribution in [2.24, 2.45) is 0 Å². The fraction of sp³-hybridized carbons (Fsp3) is 0.333. The number of hydrogen-bond donors (Lipinski definition) is 0. The Bertz CT molecular complexity index is 306. The predicted octanol–water partition coefficient (Wildman–Crippen LogP) is 2.66. The van der Waals surface area contributed by atoms with Gasteiger partial charge in [-0.05, 0) is 18.1 Å². The van der Waals surface area contributed by atoms with Crippen LogP contribution in [0.3, 0.4) is 0 Å².